The predicted octanol–water partition coefficient (Wildman–Crippen LogP) is 4.39. The number of hydrogen-bond acceptors (Lipinski definition) is 2. The maximum atomic E-state index is 12.4. The molecule has 0 radical (unpaired) electrons. The van der Waals surface area contributed by atoms with Gasteiger partial charge in [0.1, 0.15) is 11.5 Å². The van der Waals surface area contributed by atoms with Crippen LogP contribution in [-0.4, -0.2) is 0 Å². The number of alkyl halides is 3. The van der Waals surface area contributed by atoms with Crippen LogP contribution < -0.4 is 10.5 Å². The highest BCUT2D eigenvalue weighted by atomic mass is 19.4. The Morgan fingerprint density at radius 1 is 1.00 bits per heavy atom. The van der Waals surface area contributed by atoms with Gasteiger partial charge >= 0.3 is 6.18 Å². The molecule has 0 spiro atoms. The molecule has 0 fully saturated rings. The first-order valence-corrected chi connectivity index (χ1v) is 5.57. The first kappa shape index (κ1) is 13.3. The number of benzene rings is 2. The highest BCUT2D eigenvalue weighted by molar-refractivity contribution is 5.48. The summed E-state index contributed by atoms with van der Waals surface area (Å²) in [6, 6.07) is 9.65. The van der Waals surface area contributed by atoms with Gasteiger partial charge in [0.2, 0.25) is 0 Å². The lowest BCUT2D eigenvalue weighted by molar-refractivity contribution is -0.137. The van der Waals surface area contributed by atoms with E-state index in [4.69, 9.17) is 10.5 Å². The summed E-state index contributed by atoms with van der Waals surface area (Å²) in [5.41, 5.74) is 6.34. The monoisotopic (exact) mass is 267 g/mol. The van der Waals surface area contributed by atoms with Gasteiger partial charge < -0.3 is 10.5 Å². The second-order valence-corrected chi connectivity index (χ2v) is 4.15. The molecule has 0 saturated carbocycles. The van der Waals surface area contributed by atoms with Crippen molar-refractivity contribution >= 4 is 5.69 Å². The molecular formula is C14H12F3NO. The van der Waals surface area contributed by atoms with Crippen molar-refractivity contribution in [2.75, 3.05) is 5.73 Å². The Balaban J connectivity index is 2.20. The third-order valence-electron chi connectivity index (χ3n) is 2.61. The van der Waals surface area contributed by atoms with Crippen molar-refractivity contribution in [1.82, 2.24) is 0 Å². The van der Waals surface area contributed by atoms with Crippen LogP contribution in [0, 0.1) is 6.92 Å². The van der Waals surface area contributed by atoms with Crippen molar-refractivity contribution in [3.63, 3.8) is 0 Å². The fraction of sp³-hybridized carbons (Fsp3) is 0.143. The molecule has 0 atom stereocenters. The van der Waals surface area contributed by atoms with Gasteiger partial charge in [-0.2, -0.15) is 13.2 Å². The van der Waals surface area contributed by atoms with E-state index in [1.54, 1.807) is 18.2 Å². The molecule has 2 aromatic rings. The summed E-state index contributed by atoms with van der Waals surface area (Å²) in [6.07, 6.45) is -4.34. The Bertz CT molecular complexity index is 576. The lowest BCUT2D eigenvalue weighted by Crippen LogP contribution is -2.04. The van der Waals surface area contributed by atoms with Gasteiger partial charge in [0.25, 0.3) is 0 Å². The van der Waals surface area contributed by atoms with Gasteiger partial charge in [-0.05, 0) is 55.0 Å². The van der Waals surface area contributed by atoms with Crippen LogP contribution in [0.4, 0.5) is 18.9 Å². The van der Waals surface area contributed by atoms with E-state index in [9.17, 15) is 13.2 Å². The fourth-order valence-corrected chi connectivity index (χ4v) is 1.63. The van der Waals surface area contributed by atoms with Gasteiger partial charge in [0, 0.05) is 5.69 Å². The Hall–Kier alpha value is -2.17. The van der Waals surface area contributed by atoms with Crippen molar-refractivity contribution in [2.45, 2.75) is 13.1 Å². The highest BCUT2D eigenvalue weighted by Gasteiger charge is 2.30. The Morgan fingerprint density at radius 3 is 2.16 bits per heavy atom. The van der Waals surface area contributed by atoms with Crippen LogP contribution in [0.2, 0.25) is 0 Å². The van der Waals surface area contributed by atoms with Crippen LogP contribution in [0.1, 0.15) is 11.1 Å². The van der Waals surface area contributed by atoms with Crippen LogP contribution in [0.5, 0.6) is 11.5 Å². The van der Waals surface area contributed by atoms with Crippen LogP contribution >= 0.6 is 0 Å². The molecule has 2 aromatic carbocycles. The molecule has 0 amide bonds. The maximum Gasteiger partial charge on any atom is 0.416 e. The summed E-state index contributed by atoms with van der Waals surface area (Å²) in [4.78, 5) is 0. The minimum Gasteiger partial charge on any atom is -0.457 e. The van der Waals surface area contributed by atoms with Gasteiger partial charge in [-0.3, -0.25) is 0 Å². The Kier molecular flexibility index (Phi) is 3.38. The number of anilines is 1. The number of nitrogens with two attached hydrogens (primary N) is 1. The summed E-state index contributed by atoms with van der Waals surface area (Å²) in [5, 5.41) is 0. The molecule has 0 unspecified atom stereocenters. The average Bonchev–Trinajstić information content (AvgIpc) is 2.32. The van der Waals surface area contributed by atoms with Crippen molar-refractivity contribution in [1.29, 1.82) is 0 Å². The van der Waals surface area contributed by atoms with Crippen LogP contribution in [-0.2, 0) is 6.18 Å². The number of hydrogen-bond donors (Lipinski definition) is 1. The second-order valence-electron chi connectivity index (χ2n) is 4.15. The van der Waals surface area contributed by atoms with Gasteiger partial charge in [0.15, 0.2) is 0 Å². The van der Waals surface area contributed by atoms with E-state index >= 15 is 0 Å². The molecule has 0 aliphatic heterocycles. The summed E-state index contributed by atoms with van der Waals surface area (Å²) in [7, 11) is 0. The third kappa shape index (κ3) is 3.19. The minimum absolute atomic E-state index is 0.348. The first-order valence-electron chi connectivity index (χ1n) is 5.57. The normalized spacial score (nSPS) is 11.4. The van der Waals surface area contributed by atoms with E-state index in [1.165, 1.54) is 12.1 Å². The van der Waals surface area contributed by atoms with E-state index < -0.39 is 11.7 Å². The van der Waals surface area contributed by atoms with Gasteiger partial charge in [-0.1, -0.05) is 0 Å². The second kappa shape index (κ2) is 4.84. The Labute approximate surface area is 108 Å². The number of ether oxygens (including phenoxy) is 1. The van der Waals surface area contributed by atoms with Crippen molar-refractivity contribution in [2.24, 2.45) is 0 Å². The summed E-state index contributed by atoms with van der Waals surface area (Å²) < 4.78 is 42.7. The zero-order valence-electron chi connectivity index (χ0n) is 10.2. The molecule has 0 aliphatic carbocycles. The standard InChI is InChI=1S/C14H12F3NO/c1-9-8-11(18)4-7-13(9)19-12-5-2-10(3-6-12)14(15,16)17/h2-8H,18H2,1H3. The molecule has 0 aliphatic rings. The van der Waals surface area contributed by atoms with Crippen molar-refractivity contribution < 1.29 is 17.9 Å². The molecule has 2 nitrogen and oxygen atoms in total. The number of nitrogen functional groups attached to an aromatic ring is 1. The van der Waals surface area contributed by atoms with Crippen LogP contribution in [0.3, 0.4) is 0 Å². The summed E-state index contributed by atoms with van der Waals surface area (Å²) >= 11 is 0. The van der Waals surface area contributed by atoms with Gasteiger partial charge in [-0.25, -0.2) is 0 Å². The molecule has 0 bridgehead atoms. The van der Waals surface area contributed by atoms with Crippen LogP contribution in [0.25, 0.3) is 0 Å². The van der Waals surface area contributed by atoms with E-state index in [0.29, 0.717) is 17.2 Å². The third-order valence-corrected chi connectivity index (χ3v) is 2.61. The van der Waals surface area contributed by atoms with E-state index in [1.807, 2.05) is 6.92 Å². The predicted molar refractivity (Wildman–Crippen MR) is 67.1 cm³/mol. The van der Waals surface area contributed by atoms with Crippen molar-refractivity contribution in [3.8, 4) is 11.5 Å². The largest absolute Gasteiger partial charge is 0.457 e. The SMILES string of the molecule is Cc1cc(N)ccc1Oc1ccc(C(F)(F)F)cc1. The minimum atomic E-state index is -4.34. The average molecular weight is 267 g/mol. The summed E-state index contributed by atoms with van der Waals surface area (Å²) in [5.74, 6) is 0.912. The zero-order chi connectivity index (χ0) is 14.0. The molecule has 0 heterocycles. The van der Waals surface area contributed by atoms with E-state index in [2.05, 4.69) is 0 Å². The molecule has 2 rings (SSSR count). The molecule has 2 N–H and O–H groups in total. The highest BCUT2D eigenvalue weighted by Crippen LogP contribution is 2.32. The van der Waals surface area contributed by atoms with E-state index in [-0.39, 0.29) is 0 Å². The van der Waals surface area contributed by atoms with Crippen molar-refractivity contribution in [3.05, 3.63) is 53.6 Å². The molecule has 0 saturated heterocycles. The number of rotatable bonds is 2. The maximum absolute atomic E-state index is 12.4. The molecule has 5 heteroatoms. The van der Waals surface area contributed by atoms with Gasteiger partial charge in [0.05, 0.1) is 5.56 Å². The summed E-state index contributed by atoms with van der Waals surface area (Å²) in [6.45, 7) is 1.82. The zero-order valence-corrected chi connectivity index (χ0v) is 10.2. The quantitative estimate of drug-likeness (QED) is 0.819. The lowest BCUT2D eigenvalue weighted by atomic mass is 10.2. The first-order chi connectivity index (χ1) is 8.86. The molecule has 100 valence electrons. The number of aryl methyl sites for hydroxylation is 1. The Morgan fingerprint density at radius 2 is 1.63 bits per heavy atom. The van der Waals surface area contributed by atoms with Crippen LogP contribution in [0.15, 0.2) is 42.5 Å². The number of halogens is 3. The molecule has 19 heavy (non-hydrogen) atoms. The topological polar surface area (TPSA) is 35.2 Å². The van der Waals surface area contributed by atoms with Gasteiger partial charge in [-0.15, -0.1) is 0 Å². The molecular weight excluding hydrogens is 255 g/mol. The van der Waals surface area contributed by atoms with E-state index in [0.717, 1.165) is 17.7 Å². The smallest absolute Gasteiger partial charge is 0.416 e. The molecule has 0 aromatic heterocycles. The fourth-order valence-electron chi connectivity index (χ4n) is 1.63. The lowest BCUT2D eigenvalue weighted by Gasteiger charge is -2.11.